The van der Waals surface area contributed by atoms with Crippen LogP contribution >= 0.6 is 0 Å². The lowest BCUT2D eigenvalue weighted by Gasteiger charge is -2.19. The second-order valence-electron chi connectivity index (χ2n) is 3.89. The van der Waals surface area contributed by atoms with E-state index in [1.807, 2.05) is 6.07 Å². The standard InChI is InChI=1S/C13H16O.CH4O/c14-10-11-5-4-8-13(9-11)12-6-2-1-3-7-12;1-2/h1-3,6-7,9,11,14H,4-5,8,10H2;2H,1H3/t11-;/m0./s1. The molecule has 0 bridgehead atoms. The zero-order valence-electron chi connectivity index (χ0n) is 9.76. The smallest absolute Gasteiger partial charge is 0.0494 e. The summed E-state index contributed by atoms with van der Waals surface area (Å²) in [5.74, 6) is 0.374. The first-order valence-electron chi connectivity index (χ1n) is 5.72. The summed E-state index contributed by atoms with van der Waals surface area (Å²) in [5.41, 5.74) is 2.71. The van der Waals surface area contributed by atoms with Crippen molar-refractivity contribution in [1.82, 2.24) is 0 Å². The van der Waals surface area contributed by atoms with Crippen LogP contribution < -0.4 is 0 Å². The number of hydrogen-bond donors (Lipinski definition) is 2. The Hall–Kier alpha value is -1.12. The maximum Gasteiger partial charge on any atom is 0.0494 e. The van der Waals surface area contributed by atoms with Crippen LogP contribution in [0, 0.1) is 5.92 Å². The van der Waals surface area contributed by atoms with Gasteiger partial charge in [-0.2, -0.15) is 0 Å². The molecule has 0 amide bonds. The van der Waals surface area contributed by atoms with Crippen molar-refractivity contribution in [2.45, 2.75) is 19.3 Å². The van der Waals surface area contributed by atoms with Crippen LogP contribution in [0.3, 0.4) is 0 Å². The minimum absolute atomic E-state index is 0.288. The van der Waals surface area contributed by atoms with E-state index in [9.17, 15) is 0 Å². The first-order valence-corrected chi connectivity index (χ1v) is 5.72. The van der Waals surface area contributed by atoms with Gasteiger partial charge in [0.25, 0.3) is 0 Å². The quantitative estimate of drug-likeness (QED) is 0.803. The zero-order chi connectivity index (χ0) is 11.8. The van der Waals surface area contributed by atoms with Gasteiger partial charge in [0, 0.05) is 19.6 Å². The molecule has 0 unspecified atom stereocenters. The maximum absolute atomic E-state index is 9.11. The Balaban J connectivity index is 0.000000606. The van der Waals surface area contributed by atoms with Gasteiger partial charge in [-0.3, -0.25) is 0 Å². The van der Waals surface area contributed by atoms with Crippen LogP contribution in [0.1, 0.15) is 24.8 Å². The van der Waals surface area contributed by atoms with Crippen LogP contribution in [0.5, 0.6) is 0 Å². The first kappa shape index (κ1) is 12.9. The Morgan fingerprint density at radius 2 is 1.88 bits per heavy atom. The highest BCUT2D eigenvalue weighted by molar-refractivity contribution is 5.66. The van der Waals surface area contributed by atoms with E-state index in [2.05, 4.69) is 30.3 Å². The molecule has 0 radical (unpaired) electrons. The monoisotopic (exact) mass is 220 g/mol. The highest BCUT2D eigenvalue weighted by atomic mass is 16.3. The molecule has 2 heteroatoms. The lowest BCUT2D eigenvalue weighted by atomic mass is 9.88. The Bertz CT molecular complexity index is 317. The zero-order valence-corrected chi connectivity index (χ0v) is 9.76. The van der Waals surface area contributed by atoms with E-state index in [-0.39, 0.29) is 6.61 Å². The Morgan fingerprint density at radius 3 is 2.50 bits per heavy atom. The van der Waals surface area contributed by atoms with Gasteiger partial charge >= 0.3 is 0 Å². The van der Waals surface area contributed by atoms with Crippen LogP contribution in [0.15, 0.2) is 36.4 Å². The van der Waals surface area contributed by atoms with Crippen LogP contribution in [0.25, 0.3) is 5.57 Å². The van der Waals surface area contributed by atoms with Gasteiger partial charge in [0.2, 0.25) is 0 Å². The van der Waals surface area contributed by atoms with Crippen LogP contribution in [-0.4, -0.2) is 23.9 Å². The third kappa shape index (κ3) is 3.47. The molecule has 0 saturated heterocycles. The van der Waals surface area contributed by atoms with Crippen molar-refractivity contribution in [2.24, 2.45) is 5.92 Å². The van der Waals surface area contributed by atoms with E-state index in [1.165, 1.54) is 17.6 Å². The molecule has 88 valence electrons. The Kier molecular flexibility index (Phi) is 5.83. The van der Waals surface area contributed by atoms with E-state index in [1.54, 1.807) is 0 Å². The molecular weight excluding hydrogens is 200 g/mol. The third-order valence-electron chi connectivity index (χ3n) is 2.84. The molecule has 1 aliphatic carbocycles. The topological polar surface area (TPSA) is 40.5 Å². The molecule has 2 N–H and O–H groups in total. The second-order valence-corrected chi connectivity index (χ2v) is 3.89. The fraction of sp³-hybridized carbons (Fsp3) is 0.429. The van der Waals surface area contributed by atoms with Crippen molar-refractivity contribution in [3.63, 3.8) is 0 Å². The Morgan fingerprint density at radius 1 is 1.19 bits per heavy atom. The average Bonchev–Trinajstić information content (AvgIpc) is 2.42. The molecule has 1 aromatic rings. The number of rotatable bonds is 2. The van der Waals surface area contributed by atoms with Crippen molar-refractivity contribution in [3.05, 3.63) is 42.0 Å². The number of hydrogen-bond acceptors (Lipinski definition) is 2. The van der Waals surface area contributed by atoms with Crippen LogP contribution in [-0.2, 0) is 0 Å². The summed E-state index contributed by atoms with van der Waals surface area (Å²) in [6, 6.07) is 10.5. The van der Waals surface area contributed by atoms with Gasteiger partial charge in [-0.15, -0.1) is 0 Å². The number of benzene rings is 1. The molecule has 1 aromatic carbocycles. The molecule has 2 nitrogen and oxygen atoms in total. The molecule has 1 aliphatic rings. The summed E-state index contributed by atoms with van der Waals surface area (Å²) >= 11 is 0. The van der Waals surface area contributed by atoms with Gasteiger partial charge in [0.1, 0.15) is 0 Å². The van der Waals surface area contributed by atoms with Crippen LogP contribution in [0.2, 0.25) is 0 Å². The maximum atomic E-state index is 9.11. The first-order chi connectivity index (χ1) is 7.90. The SMILES string of the molecule is CO.OC[C@@H]1C=C(c2ccccc2)CCC1. The van der Waals surface area contributed by atoms with Crippen molar-refractivity contribution in [1.29, 1.82) is 0 Å². The fourth-order valence-electron chi connectivity index (χ4n) is 2.04. The fourth-order valence-corrected chi connectivity index (χ4v) is 2.04. The number of aliphatic hydroxyl groups is 2. The van der Waals surface area contributed by atoms with Crippen molar-refractivity contribution in [3.8, 4) is 0 Å². The van der Waals surface area contributed by atoms with Crippen molar-refractivity contribution >= 4 is 5.57 Å². The van der Waals surface area contributed by atoms with Gasteiger partial charge in [0.15, 0.2) is 0 Å². The van der Waals surface area contributed by atoms with Crippen LogP contribution in [0.4, 0.5) is 0 Å². The number of aliphatic hydroxyl groups excluding tert-OH is 2. The molecular formula is C14H20O2. The van der Waals surface area contributed by atoms with Gasteiger partial charge in [-0.05, 0) is 30.4 Å². The highest BCUT2D eigenvalue weighted by Gasteiger charge is 2.13. The molecule has 0 aliphatic heterocycles. The largest absolute Gasteiger partial charge is 0.400 e. The molecule has 0 aromatic heterocycles. The third-order valence-corrected chi connectivity index (χ3v) is 2.84. The predicted octanol–water partition coefficient (Wildman–Crippen LogP) is 2.47. The van der Waals surface area contributed by atoms with E-state index in [0.717, 1.165) is 20.0 Å². The predicted molar refractivity (Wildman–Crippen MR) is 67.0 cm³/mol. The molecule has 0 fully saturated rings. The molecule has 2 rings (SSSR count). The number of allylic oxidation sites excluding steroid dienone is 1. The minimum Gasteiger partial charge on any atom is -0.400 e. The lowest BCUT2D eigenvalue weighted by molar-refractivity contribution is 0.242. The normalized spacial score (nSPS) is 19.4. The van der Waals surface area contributed by atoms with Gasteiger partial charge in [0.05, 0.1) is 0 Å². The van der Waals surface area contributed by atoms with E-state index < -0.39 is 0 Å². The molecule has 0 saturated carbocycles. The van der Waals surface area contributed by atoms with E-state index in [0.29, 0.717) is 5.92 Å². The summed E-state index contributed by atoms with van der Waals surface area (Å²) < 4.78 is 0. The van der Waals surface area contributed by atoms with Gasteiger partial charge in [-0.25, -0.2) is 0 Å². The molecule has 1 atom stereocenters. The molecule has 0 spiro atoms. The Labute approximate surface area is 97.2 Å². The van der Waals surface area contributed by atoms with Crippen molar-refractivity contribution < 1.29 is 10.2 Å². The molecule has 0 heterocycles. The minimum atomic E-state index is 0.288. The average molecular weight is 220 g/mol. The summed E-state index contributed by atoms with van der Waals surface area (Å²) in [6.45, 7) is 0.288. The van der Waals surface area contributed by atoms with Gasteiger partial charge < -0.3 is 10.2 Å². The van der Waals surface area contributed by atoms with Gasteiger partial charge in [-0.1, -0.05) is 36.4 Å². The summed E-state index contributed by atoms with van der Waals surface area (Å²) in [7, 11) is 1.00. The molecule has 16 heavy (non-hydrogen) atoms. The van der Waals surface area contributed by atoms with Crippen molar-refractivity contribution in [2.75, 3.05) is 13.7 Å². The second kappa shape index (κ2) is 7.20. The van der Waals surface area contributed by atoms with E-state index in [4.69, 9.17) is 10.2 Å². The lowest BCUT2D eigenvalue weighted by Crippen LogP contribution is -2.08. The summed E-state index contributed by atoms with van der Waals surface area (Å²) in [4.78, 5) is 0. The van der Waals surface area contributed by atoms with E-state index >= 15 is 0 Å². The summed E-state index contributed by atoms with van der Waals surface area (Å²) in [6.07, 6.45) is 5.72. The highest BCUT2D eigenvalue weighted by Crippen LogP contribution is 2.29. The summed E-state index contributed by atoms with van der Waals surface area (Å²) in [5, 5.41) is 16.1.